The second kappa shape index (κ2) is 13.4. The Kier molecular flexibility index (Phi) is 10.7. The lowest BCUT2D eigenvalue weighted by atomic mass is 10.0. The van der Waals surface area contributed by atoms with E-state index in [0.717, 1.165) is 48.2 Å². The van der Waals surface area contributed by atoms with E-state index in [-0.39, 0.29) is 11.8 Å². The lowest BCUT2D eigenvalue weighted by Gasteiger charge is -2.06. The van der Waals surface area contributed by atoms with Crippen molar-refractivity contribution in [2.45, 2.75) is 80.1 Å². The van der Waals surface area contributed by atoms with Crippen LogP contribution < -0.4 is 10.9 Å². The molecule has 0 bridgehead atoms. The van der Waals surface area contributed by atoms with Crippen LogP contribution in [0, 0.1) is 27.7 Å². The van der Waals surface area contributed by atoms with E-state index >= 15 is 0 Å². The summed E-state index contributed by atoms with van der Waals surface area (Å²) < 4.78 is 0. The number of hydrazone groups is 2. The van der Waals surface area contributed by atoms with Crippen LogP contribution in [0.5, 0.6) is 0 Å². The van der Waals surface area contributed by atoms with Crippen LogP contribution in [0.2, 0.25) is 0 Å². The molecule has 2 aromatic rings. The third-order valence-electron chi connectivity index (χ3n) is 6.10. The Bertz CT molecular complexity index is 985. The minimum Gasteiger partial charge on any atom is -0.273 e. The molecular weight excluding hydrogens is 424 g/mol. The van der Waals surface area contributed by atoms with Gasteiger partial charge in [0.2, 0.25) is 11.8 Å². The van der Waals surface area contributed by atoms with Crippen LogP contribution in [0.3, 0.4) is 0 Å². The minimum atomic E-state index is -0.0860. The van der Waals surface area contributed by atoms with Gasteiger partial charge in [0.15, 0.2) is 0 Å². The lowest BCUT2D eigenvalue weighted by molar-refractivity contribution is -0.122. The summed E-state index contributed by atoms with van der Waals surface area (Å²) in [5, 5.41) is 8.44. The number of carbonyl (C=O) groups is 2. The molecule has 0 aromatic heterocycles. The van der Waals surface area contributed by atoms with Crippen LogP contribution in [-0.4, -0.2) is 23.2 Å². The van der Waals surface area contributed by atoms with Crippen LogP contribution in [0.4, 0.5) is 0 Å². The number of aryl methyl sites for hydroxylation is 4. The summed E-state index contributed by atoms with van der Waals surface area (Å²) >= 11 is 0. The van der Waals surface area contributed by atoms with Crippen molar-refractivity contribution in [2.24, 2.45) is 10.2 Å². The normalized spacial score (nSPS) is 11.9. The molecule has 0 aliphatic heterocycles. The quantitative estimate of drug-likeness (QED) is 0.257. The Labute approximate surface area is 203 Å². The van der Waals surface area contributed by atoms with Crippen LogP contribution in [0.15, 0.2) is 46.6 Å². The molecule has 0 aliphatic rings. The summed E-state index contributed by atoms with van der Waals surface area (Å²) in [5.41, 5.74) is 13.8. The Balaban J connectivity index is 1.61. The maximum absolute atomic E-state index is 12.0. The summed E-state index contributed by atoms with van der Waals surface area (Å²) in [6.45, 7) is 12.1. The Hall–Kier alpha value is -3.28. The molecule has 0 spiro atoms. The van der Waals surface area contributed by atoms with Crippen LogP contribution in [0.1, 0.15) is 85.8 Å². The third-order valence-corrected chi connectivity index (χ3v) is 6.10. The van der Waals surface area contributed by atoms with Gasteiger partial charge in [0.25, 0.3) is 0 Å². The molecule has 0 aliphatic carbocycles. The van der Waals surface area contributed by atoms with Gasteiger partial charge in [0.05, 0.1) is 11.4 Å². The smallest absolute Gasteiger partial charge is 0.240 e. The number of hydrogen-bond donors (Lipinski definition) is 2. The van der Waals surface area contributed by atoms with Gasteiger partial charge in [-0.15, -0.1) is 0 Å². The zero-order valence-corrected chi connectivity index (χ0v) is 21.4. The lowest BCUT2D eigenvalue weighted by Crippen LogP contribution is -2.19. The number of nitrogens with zero attached hydrogens (tertiary/aromatic N) is 2. The van der Waals surface area contributed by atoms with E-state index < -0.39 is 0 Å². The Morgan fingerprint density at radius 3 is 1.35 bits per heavy atom. The first-order valence-electron chi connectivity index (χ1n) is 12.0. The first-order chi connectivity index (χ1) is 16.2. The molecule has 0 atom stereocenters. The first kappa shape index (κ1) is 27.0. The first-order valence-corrected chi connectivity index (χ1v) is 12.0. The highest BCUT2D eigenvalue weighted by molar-refractivity contribution is 6.00. The van der Waals surface area contributed by atoms with Gasteiger partial charge in [0, 0.05) is 12.8 Å². The molecule has 0 fully saturated rings. The fourth-order valence-electron chi connectivity index (χ4n) is 3.39. The van der Waals surface area contributed by atoms with Crippen molar-refractivity contribution in [2.75, 3.05) is 0 Å². The highest BCUT2D eigenvalue weighted by atomic mass is 16.2. The monoisotopic (exact) mass is 462 g/mol. The highest BCUT2D eigenvalue weighted by Gasteiger charge is 2.05. The van der Waals surface area contributed by atoms with Crippen molar-refractivity contribution < 1.29 is 9.59 Å². The van der Waals surface area contributed by atoms with Crippen molar-refractivity contribution in [3.63, 3.8) is 0 Å². The van der Waals surface area contributed by atoms with Gasteiger partial charge in [-0.2, -0.15) is 10.2 Å². The second-order valence-corrected chi connectivity index (χ2v) is 8.98. The highest BCUT2D eigenvalue weighted by Crippen LogP contribution is 2.12. The van der Waals surface area contributed by atoms with Gasteiger partial charge >= 0.3 is 0 Å². The van der Waals surface area contributed by atoms with E-state index in [9.17, 15) is 9.59 Å². The number of rotatable bonds is 11. The van der Waals surface area contributed by atoms with Crippen molar-refractivity contribution in [3.8, 4) is 0 Å². The molecule has 2 N–H and O–H groups in total. The van der Waals surface area contributed by atoms with E-state index in [1.54, 1.807) is 0 Å². The fourth-order valence-corrected chi connectivity index (χ4v) is 3.39. The zero-order chi connectivity index (χ0) is 25.1. The molecule has 6 heteroatoms. The summed E-state index contributed by atoms with van der Waals surface area (Å²) in [6.07, 6.45) is 4.19. The zero-order valence-electron chi connectivity index (χ0n) is 21.4. The van der Waals surface area contributed by atoms with E-state index in [0.29, 0.717) is 12.8 Å². The molecule has 2 aromatic carbocycles. The van der Waals surface area contributed by atoms with Crippen molar-refractivity contribution in [1.82, 2.24) is 10.9 Å². The summed E-state index contributed by atoms with van der Waals surface area (Å²) in [6, 6.07) is 12.3. The number of carbonyl (C=O) groups excluding carboxylic acids is 2. The predicted octanol–water partition coefficient (Wildman–Crippen LogP) is 5.64. The van der Waals surface area contributed by atoms with Crippen LogP contribution >= 0.6 is 0 Å². The maximum Gasteiger partial charge on any atom is 0.240 e. The van der Waals surface area contributed by atoms with E-state index in [1.807, 2.05) is 26.0 Å². The maximum atomic E-state index is 12.0. The van der Waals surface area contributed by atoms with Crippen LogP contribution in [0.25, 0.3) is 0 Å². The van der Waals surface area contributed by atoms with Gasteiger partial charge in [-0.3, -0.25) is 9.59 Å². The molecule has 2 rings (SSSR count). The Morgan fingerprint density at radius 1 is 0.618 bits per heavy atom. The number of benzene rings is 2. The molecule has 0 radical (unpaired) electrons. The molecule has 0 unspecified atom stereocenters. The van der Waals surface area contributed by atoms with Gasteiger partial charge in [-0.25, -0.2) is 10.9 Å². The topological polar surface area (TPSA) is 82.9 Å². The van der Waals surface area contributed by atoms with Gasteiger partial charge in [-0.05, 0) is 99.9 Å². The molecule has 182 valence electrons. The summed E-state index contributed by atoms with van der Waals surface area (Å²) in [5.74, 6) is -0.172. The molecule has 0 saturated carbocycles. The molecule has 2 amide bonds. The number of amides is 2. The molecule has 0 saturated heterocycles. The molecule has 34 heavy (non-hydrogen) atoms. The van der Waals surface area contributed by atoms with Crippen molar-refractivity contribution in [3.05, 3.63) is 69.8 Å². The molecular formula is C28H38N4O2. The van der Waals surface area contributed by atoms with Crippen LogP contribution in [-0.2, 0) is 9.59 Å². The van der Waals surface area contributed by atoms with Gasteiger partial charge in [0.1, 0.15) is 0 Å². The molecule has 6 nitrogen and oxygen atoms in total. The number of nitrogens with one attached hydrogen (secondary N) is 2. The summed E-state index contributed by atoms with van der Waals surface area (Å²) in [7, 11) is 0. The summed E-state index contributed by atoms with van der Waals surface area (Å²) in [4.78, 5) is 24.1. The SMILES string of the molecule is CC(=NNC(=O)CCCCCCC(=O)NN=C(C)c1ccc(C)c(C)c1)c1ccc(C)c(C)c1. The minimum absolute atomic E-state index is 0.0860. The molecule has 0 heterocycles. The Morgan fingerprint density at radius 2 is 1.00 bits per heavy atom. The van der Waals surface area contributed by atoms with Gasteiger partial charge < -0.3 is 0 Å². The fraction of sp³-hybridized carbons (Fsp3) is 0.429. The van der Waals surface area contributed by atoms with Gasteiger partial charge in [-0.1, -0.05) is 37.1 Å². The average molecular weight is 463 g/mol. The average Bonchev–Trinajstić information content (AvgIpc) is 2.81. The standard InChI is InChI=1S/C28H38N4O2/c1-19-13-15-25(17-21(19)3)23(5)29-31-27(33)11-9-7-8-10-12-28(34)32-30-24(6)26-16-14-20(2)22(4)18-26/h13-18H,7-12H2,1-6H3,(H,31,33)(H,32,34). The largest absolute Gasteiger partial charge is 0.273 e. The van der Waals surface area contributed by atoms with Crippen molar-refractivity contribution >= 4 is 23.2 Å². The predicted molar refractivity (Wildman–Crippen MR) is 140 cm³/mol. The van der Waals surface area contributed by atoms with E-state index in [2.05, 4.69) is 73.0 Å². The van der Waals surface area contributed by atoms with E-state index in [4.69, 9.17) is 0 Å². The number of unbranched alkanes of at least 4 members (excludes halogenated alkanes) is 3. The second-order valence-electron chi connectivity index (χ2n) is 8.98. The van der Waals surface area contributed by atoms with E-state index in [1.165, 1.54) is 22.3 Å². The van der Waals surface area contributed by atoms with Crippen molar-refractivity contribution in [1.29, 1.82) is 0 Å². The number of hydrogen-bond acceptors (Lipinski definition) is 4. The third kappa shape index (κ3) is 8.93.